The number of sulfone groups is 1. The zero-order chi connectivity index (χ0) is 12.5. The van der Waals surface area contributed by atoms with E-state index >= 15 is 0 Å². The Morgan fingerprint density at radius 2 is 2.06 bits per heavy atom. The lowest BCUT2D eigenvalue weighted by atomic mass is 10.00. The van der Waals surface area contributed by atoms with Crippen molar-refractivity contribution in [3.05, 3.63) is 0 Å². The highest BCUT2D eigenvalue weighted by atomic mass is 32.2. The second-order valence-electron chi connectivity index (χ2n) is 5.03. The summed E-state index contributed by atoms with van der Waals surface area (Å²) in [5.74, 6) is 0.533. The molecule has 5 nitrogen and oxygen atoms in total. The maximum Gasteiger partial charge on any atom is 0.152 e. The van der Waals surface area contributed by atoms with Crippen LogP contribution in [-0.2, 0) is 9.84 Å². The van der Waals surface area contributed by atoms with Crippen LogP contribution in [0.2, 0.25) is 0 Å². The molecule has 2 unspecified atom stereocenters. The van der Waals surface area contributed by atoms with Gasteiger partial charge in [-0.05, 0) is 26.3 Å². The van der Waals surface area contributed by atoms with Gasteiger partial charge >= 0.3 is 0 Å². The van der Waals surface area contributed by atoms with Crippen molar-refractivity contribution in [2.45, 2.75) is 30.8 Å². The molecule has 0 aromatic rings. The van der Waals surface area contributed by atoms with E-state index in [9.17, 15) is 13.7 Å². The van der Waals surface area contributed by atoms with Crippen molar-refractivity contribution in [1.29, 1.82) is 5.26 Å². The molecule has 1 N–H and O–H groups in total. The number of hydrogen-bond acceptors (Lipinski definition) is 5. The summed E-state index contributed by atoms with van der Waals surface area (Å²) in [6.07, 6.45) is 2.64. The average Bonchev–Trinajstić information content (AvgIpc) is 2.74. The summed E-state index contributed by atoms with van der Waals surface area (Å²) in [5, 5.41) is 12.3. The third-order valence-corrected chi connectivity index (χ3v) is 5.69. The van der Waals surface area contributed by atoms with Gasteiger partial charge in [0.25, 0.3) is 0 Å². The van der Waals surface area contributed by atoms with Gasteiger partial charge in [0.05, 0.1) is 17.6 Å². The predicted molar refractivity (Wildman–Crippen MR) is 65.3 cm³/mol. The van der Waals surface area contributed by atoms with Crippen LogP contribution < -0.4 is 5.32 Å². The Kier molecular flexibility index (Phi) is 3.43. The number of nitrogens with one attached hydrogen (secondary N) is 1. The van der Waals surface area contributed by atoms with Crippen LogP contribution in [0.25, 0.3) is 0 Å². The summed E-state index contributed by atoms with van der Waals surface area (Å²) in [7, 11) is -0.982. The quantitative estimate of drug-likeness (QED) is 0.738. The Morgan fingerprint density at radius 1 is 1.41 bits per heavy atom. The fourth-order valence-corrected chi connectivity index (χ4v) is 4.04. The molecule has 0 aromatic carbocycles. The highest BCUT2D eigenvalue weighted by Gasteiger charge is 2.41. The Morgan fingerprint density at radius 3 is 2.53 bits per heavy atom. The minimum Gasteiger partial charge on any atom is -0.302 e. The molecule has 1 aliphatic heterocycles. The second kappa shape index (κ2) is 4.56. The fraction of sp³-hybridized carbons (Fsp3) is 0.909. The van der Waals surface area contributed by atoms with Gasteiger partial charge in [0, 0.05) is 19.1 Å². The Hall–Kier alpha value is -0.640. The van der Waals surface area contributed by atoms with Gasteiger partial charge in [0.2, 0.25) is 0 Å². The first kappa shape index (κ1) is 12.8. The Labute approximate surface area is 103 Å². The number of rotatable bonds is 2. The van der Waals surface area contributed by atoms with Gasteiger partial charge in [-0.25, -0.2) is 8.42 Å². The molecular formula is C11H19N3O2S. The van der Waals surface area contributed by atoms with Gasteiger partial charge in [-0.15, -0.1) is 0 Å². The molecule has 0 spiro atoms. The van der Waals surface area contributed by atoms with Crippen LogP contribution in [-0.4, -0.2) is 56.5 Å². The number of nitriles is 1. The van der Waals surface area contributed by atoms with Crippen molar-refractivity contribution in [2.24, 2.45) is 0 Å². The molecule has 2 atom stereocenters. The van der Waals surface area contributed by atoms with Crippen LogP contribution in [0, 0.1) is 11.3 Å². The van der Waals surface area contributed by atoms with Crippen LogP contribution >= 0.6 is 0 Å². The molecule has 1 saturated heterocycles. The topological polar surface area (TPSA) is 73.2 Å². The predicted octanol–water partition coefficient (Wildman–Crippen LogP) is -0.249. The molecule has 17 heavy (non-hydrogen) atoms. The molecule has 96 valence electrons. The van der Waals surface area contributed by atoms with E-state index in [1.165, 1.54) is 0 Å². The van der Waals surface area contributed by atoms with Crippen molar-refractivity contribution in [3.8, 4) is 6.07 Å². The maximum absolute atomic E-state index is 11.4. The van der Waals surface area contributed by atoms with Crippen LogP contribution in [0.4, 0.5) is 0 Å². The second-order valence-corrected chi connectivity index (χ2v) is 7.33. The van der Waals surface area contributed by atoms with Gasteiger partial charge in [-0.3, -0.25) is 4.90 Å². The lowest BCUT2D eigenvalue weighted by molar-refractivity contribution is 0.208. The average molecular weight is 257 g/mol. The van der Waals surface area contributed by atoms with Gasteiger partial charge in [-0.1, -0.05) is 0 Å². The number of nitrogens with zero attached hydrogens (tertiary/aromatic N) is 2. The zero-order valence-electron chi connectivity index (χ0n) is 10.1. The van der Waals surface area contributed by atoms with Crippen molar-refractivity contribution in [2.75, 3.05) is 31.6 Å². The lowest BCUT2D eigenvalue weighted by Gasteiger charge is -2.32. The van der Waals surface area contributed by atoms with Crippen molar-refractivity contribution in [1.82, 2.24) is 10.2 Å². The lowest BCUT2D eigenvalue weighted by Crippen LogP contribution is -2.47. The normalized spacial score (nSPS) is 37.8. The van der Waals surface area contributed by atoms with E-state index in [1.807, 2.05) is 7.05 Å². The standard InChI is InChI=1S/C11H19N3O2S/c1-13-11(9-12)3-2-10(8-11)14-4-6-17(15,16)7-5-14/h10,13H,2-8H2,1H3. The first-order chi connectivity index (χ1) is 8.00. The summed E-state index contributed by atoms with van der Waals surface area (Å²) in [6, 6.07) is 2.72. The van der Waals surface area contributed by atoms with Crippen molar-refractivity contribution < 1.29 is 8.42 Å². The van der Waals surface area contributed by atoms with E-state index in [1.54, 1.807) is 0 Å². The molecule has 6 heteroatoms. The van der Waals surface area contributed by atoms with Crippen molar-refractivity contribution in [3.63, 3.8) is 0 Å². The van der Waals surface area contributed by atoms with E-state index in [0.29, 0.717) is 19.1 Å². The number of hydrogen-bond donors (Lipinski definition) is 1. The molecule has 1 saturated carbocycles. The summed E-state index contributed by atoms with van der Waals surface area (Å²) in [5.41, 5.74) is -0.402. The van der Waals surface area contributed by atoms with E-state index < -0.39 is 15.4 Å². The highest BCUT2D eigenvalue weighted by molar-refractivity contribution is 7.91. The first-order valence-electron chi connectivity index (χ1n) is 6.05. The maximum atomic E-state index is 11.4. The zero-order valence-corrected chi connectivity index (χ0v) is 11.0. The van der Waals surface area contributed by atoms with Crippen LogP contribution in [0.3, 0.4) is 0 Å². The van der Waals surface area contributed by atoms with Crippen LogP contribution in [0.15, 0.2) is 0 Å². The van der Waals surface area contributed by atoms with E-state index in [0.717, 1.165) is 19.3 Å². The Balaban J connectivity index is 1.97. The summed E-state index contributed by atoms with van der Waals surface area (Å²) in [4.78, 5) is 2.23. The van der Waals surface area contributed by atoms with E-state index in [2.05, 4.69) is 16.3 Å². The molecule has 2 aliphatic rings. The minimum absolute atomic E-state index is 0.266. The molecule has 0 bridgehead atoms. The molecule has 1 aliphatic carbocycles. The van der Waals surface area contributed by atoms with E-state index in [-0.39, 0.29) is 11.5 Å². The smallest absolute Gasteiger partial charge is 0.152 e. The summed E-state index contributed by atoms with van der Waals surface area (Å²) < 4.78 is 22.7. The first-order valence-corrected chi connectivity index (χ1v) is 7.87. The Bertz CT molecular complexity index is 414. The largest absolute Gasteiger partial charge is 0.302 e. The third kappa shape index (κ3) is 2.62. The highest BCUT2D eigenvalue weighted by Crippen LogP contribution is 2.32. The third-order valence-electron chi connectivity index (χ3n) is 4.08. The molecule has 0 aromatic heterocycles. The van der Waals surface area contributed by atoms with Crippen LogP contribution in [0.5, 0.6) is 0 Å². The molecule has 2 fully saturated rings. The van der Waals surface area contributed by atoms with Gasteiger partial charge in [0.1, 0.15) is 5.54 Å². The fourth-order valence-electron chi connectivity index (χ4n) is 2.81. The minimum atomic E-state index is -2.81. The van der Waals surface area contributed by atoms with E-state index in [4.69, 9.17) is 0 Å². The summed E-state index contributed by atoms with van der Waals surface area (Å²) in [6.45, 7) is 1.25. The molecule has 0 amide bonds. The SMILES string of the molecule is CNC1(C#N)CCC(N2CCS(=O)(=O)CC2)C1. The van der Waals surface area contributed by atoms with Crippen LogP contribution in [0.1, 0.15) is 19.3 Å². The van der Waals surface area contributed by atoms with Gasteiger partial charge in [0.15, 0.2) is 9.84 Å². The van der Waals surface area contributed by atoms with Crippen molar-refractivity contribution >= 4 is 9.84 Å². The molecular weight excluding hydrogens is 238 g/mol. The monoisotopic (exact) mass is 257 g/mol. The molecule has 0 radical (unpaired) electrons. The summed E-state index contributed by atoms with van der Waals surface area (Å²) >= 11 is 0. The molecule has 2 rings (SSSR count). The van der Waals surface area contributed by atoms with Gasteiger partial charge in [-0.2, -0.15) is 5.26 Å². The molecule has 1 heterocycles. The van der Waals surface area contributed by atoms with Gasteiger partial charge < -0.3 is 5.32 Å².